The molecule has 0 saturated heterocycles. The molecule has 0 radical (unpaired) electrons. The predicted octanol–water partition coefficient (Wildman–Crippen LogP) is 2.42. The molecule has 0 spiro atoms. The van der Waals surface area contributed by atoms with Crippen molar-refractivity contribution in [2.75, 3.05) is 0 Å². The predicted molar refractivity (Wildman–Crippen MR) is 49.6 cm³/mol. The second-order valence-electron chi connectivity index (χ2n) is 4.44. The van der Waals surface area contributed by atoms with Crippen LogP contribution in [-0.4, -0.2) is 12.1 Å². The Kier molecular flexibility index (Phi) is 2.94. The van der Waals surface area contributed by atoms with E-state index in [0.717, 1.165) is 17.9 Å². The highest BCUT2D eigenvalue weighted by molar-refractivity contribution is 4.83. The van der Waals surface area contributed by atoms with Gasteiger partial charge in [-0.3, -0.25) is 0 Å². The van der Waals surface area contributed by atoms with Crippen LogP contribution >= 0.6 is 0 Å². The maximum absolute atomic E-state index is 3.60. The van der Waals surface area contributed by atoms with Crippen LogP contribution in [0, 0.1) is 11.8 Å². The van der Waals surface area contributed by atoms with Gasteiger partial charge in [-0.05, 0) is 24.7 Å². The Balaban J connectivity index is 2.29. The van der Waals surface area contributed by atoms with E-state index in [2.05, 4.69) is 33.0 Å². The van der Waals surface area contributed by atoms with E-state index >= 15 is 0 Å². The second kappa shape index (κ2) is 3.57. The normalized spacial score (nSPS) is 38.5. The Labute approximate surface area is 70.6 Å². The first-order valence-electron chi connectivity index (χ1n) is 4.85. The molecule has 0 amide bonds. The Morgan fingerprint density at radius 3 is 1.91 bits per heavy atom. The third-order valence-electron chi connectivity index (χ3n) is 2.85. The molecule has 1 fully saturated rings. The minimum atomic E-state index is 0.650. The zero-order valence-corrected chi connectivity index (χ0v) is 8.22. The van der Waals surface area contributed by atoms with Crippen LogP contribution in [0.15, 0.2) is 0 Å². The van der Waals surface area contributed by atoms with Gasteiger partial charge in [0, 0.05) is 12.1 Å². The molecule has 1 aliphatic carbocycles. The zero-order chi connectivity index (χ0) is 8.43. The summed E-state index contributed by atoms with van der Waals surface area (Å²) in [6.07, 6.45) is 2.75. The van der Waals surface area contributed by atoms with Gasteiger partial charge in [-0.1, -0.05) is 27.7 Å². The highest BCUT2D eigenvalue weighted by atomic mass is 14.9. The van der Waals surface area contributed by atoms with Crippen molar-refractivity contribution >= 4 is 0 Å². The largest absolute Gasteiger partial charge is 0.312 e. The number of hydrogen-bond acceptors (Lipinski definition) is 1. The van der Waals surface area contributed by atoms with E-state index in [-0.39, 0.29) is 0 Å². The van der Waals surface area contributed by atoms with Crippen LogP contribution in [0.3, 0.4) is 0 Å². The molecule has 1 aliphatic rings. The van der Waals surface area contributed by atoms with Crippen LogP contribution in [0.1, 0.15) is 40.5 Å². The van der Waals surface area contributed by atoms with E-state index in [0.29, 0.717) is 6.04 Å². The first kappa shape index (κ1) is 9.05. The van der Waals surface area contributed by atoms with Gasteiger partial charge in [-0.25, -0.2) is 0 Å². The molecular formula is C10H21N. The van der Waals surface area contributed by atoms with Gasteiger partial charge in [-0.2, -0.15) is 0 Å². The van der Waals surface area contributed by atoms with E-state index in [4.69, 9.17) is 0 Å². The lowest BCUT2D eigenvalue weighted by molar-refractivity contribution is 0.457. The molecule has 1 N–H and O–H groups in total. The summed E-state index contributed by atoms with van der Waals surface area (Å²) in [7, 11) is 0. The summed E-state index contributed by atoms with van der Waals surface area (Å²) < 4.78 is 0. The minimum Gasteiger partial charge on any atom is -0.312 e. The molecule has 1 saturated carbocycles. The molecule has 0 bridgehead atoms. The third-order valence-corrected chi connectivity index (χ3v) is 2.85. The summed E-state index contributed by atoms with van der Waals surface area (Å²) >= 11 is 0. The van der Waals surface area contributed by atoms with Gasteiger partial charge in [0.2, 0.25) is 0 Å². The standard InChI is InChI=1S/C10H21N/c1-7(2)11-10-5-8(3)9(4)6-10/h7-11H,5-6H2,1-4H3. The number of rotatable bonds is 2. The lowest BCUT2D eigenvalue weighted by Gasteiger charge is -2.15. The fraction of sp³-hybridized carbons (Fsp3) is 1.00. The van der Waals surface area contributed by atoms with Crippen LogP contribution in [0.2, 0.25) is 0 Å². The highest BCUT2D eigenvalue weighted by Crippen LogP contribution is 2.30. The fourth-order valence-corrected chi connectivity index (χ4v) is 2.07. The maximum atomic E-state index is 3.60. The fourth-order valence-electron chi connectivity index (χ4n) is 2.07. The van der Waals surface area contributed by atoms with Gasteiger partial charge in [0.05, 0.1) is 0 Å². The van der Waals surface area contributed by atoms with E-state index < -0.39 is 0 Å². The molecule has 0 aromatic rings. The van der Waals surface area contributed by atoms with E-state index in [9.17, 15) is 0 Å². The van der Waals surface area contributed by atoms with Crippen molar-refractivity contribution < 1.29 is 0 Å². The Morgan fingerprint density at radius 1 is 1.09 bits per heavy atom. The van der Waals surface area contributed by atoms with Crippen LogP contribution < -0.4 is 5.32 Å². The first-order valence-corrected chi connectivity index (χ1v) is 4.85. The van der Waals surface area contributed by atoms with E-state index in [1.807, 2.05) is 0 Å². The molecule has 1 heteroatoms. The SMILES string of the molecule is CC(C)NC1CC(C)C(C)C1. The Morgan fingerprint density at radius 2 is 1.55 bits per heavy atom. The summed E-state index contributed by atoms with van der Waals surface area (Å²) in [5.41, 5.74) is 0. The average Bonchev–Trinajstić information content (AvgIpc) is 2.10. The van der Waals surface area contributed by atoms with Gasteiger partial charge >= 0.3 is 0 Å². The van der Waals surface area contributed by atoms with Gasteiger partial charge in [0.25, 0.3) is 0 Å². The van der Waals surface area contributed by atoms with Crippen LogP contribution in [-0.2, 0) is 0 Å². The molecule has 11 heavy (non-hydrogen) atoms. The Bertz CT molecular complexity index is 107. The summed E-state index contributed by atoms with van der Waals surface area (Å²) in [5, 5.41) is 3.60. The van der Waals surface area contributed by atoms with Gasteiger partial charge in [-0.15, -0.1) is 0 Å². The van der Waals surface area contributed by atoms with Crippen molar-refractivity contribution in [3.05, 3.63) is 0 Å². The average molecular weight is 155 g/mol. The van der Waals surface area contributed by atoms with Crippen LogP contribution in [0.5, 0.6) is 0 Å². The summed E-state index contributed by atoms with van der Waals surface area (Å²) in [5.74, 6) is 1.84. The lowest BCUT2D eigenvalue weighted by atomic mass is 10.0. The van der Waals surface area contributed by atoms with Crippen molar-refractivity contribution in [2.24, 2.45) is 11.8 Å². The Hall–Kier alpha value is -0.0400. The quantitative estimate of drug-likeness (QED) is 0.645. The van der Waals surface area contributed by atoms with Crippen molar-refractivity contribution in [1.82, 2.24) is 5.32 Å². The first-order chi connectivity index (χ1) is 5.09. The van der Waals surface area contributed by atoms with Crippen molar-refractivity contribution in [1.29, 1.82) is 0 Å². The molecule has 0 aromatic heterocycles. The van der Waals surface area contributed by atoms with Gasteiger partial charge in [0.15, 0.2) is 0 Å². The van der Waals surface area contributed by atoms with E-state index in [1.54, 1.807) is 0 Å². The van der Waals surface area contributed by atoms with Crippen molar-refractivity contribution in [3.63, 3.8) is 0 Å². The lowest BCUT2D eigenvalue weighted by Crippen LogP contribution is -2.32. The van der Waals surface area contributed by atoms with Crippen LogP contribution in [0.4, 0.5) is 0 Å². The smallest absolute Gasteiger partial charge is 0.00746 e. The molecule has 0 aromatic carbocycles. The zero-order valence-electron chi connectivity index (χ0n) is 8.22. The van der Waals surface area contributed by atoms with Crippen molar-refractivity contribution in [2.45, 2.75) is 52.6 Å². The number of nitrogens with one attached hydrogen (secondary N) is 1. The topological polar surface area (TPSA) is 12.0 Å². The molecule has 66 valence electrons. The molecule has 2 atom stereocenters. The summed E-state index contributed by atoms with van der Waals surface area (Å²) in [6, 6.07) is 1.44. The third kappa shape index (κ3) is 2.48. The second-order valence-corrected chi connectivity index (χ2v) is 4.44. The molecule has 0 heterocycles. The summed E-state index contributed by atoms with van der Waals surface area (Å²) in [6.45, 7) is 9.20. The molecule has 1 nitrogen and oxygen atoms in total. The molecular weight excluding hydrogens is 134 g/mol. The van der Waals surface area contributed by atoms with Crippen molar-refractivity contribution in [3.8, 4) is 0 Å². The maximum Gasteiger partial charge on any atom is 0.00746 e. The van der Waals surface area contributed by atoms with Gasteiger partial charge in [0.1, 0.15) is 0 Å². The molecule has 0 aliphatic heterocycles. The summed E-state index contributed by atoms with van der Waals surface area (Å²) in [4.78, 5) is 0. The number of hydrogen-bond donors (Lipinski definition) is 1. The van der Waals surface area contributed by atoms with Gasteiger partial charge < -0.3 is 5.32 Å². The molecule has 2 unspecified atom stereocenters. The van der Waals surface area contributed by atoms with E-state index in [1.165, 1.54) is 12.8 Å². The van der Waals surface area contributed by atoms with Crippen LogP contribution in [0.25, 0.3) is 0 Å². The molecule has 1 rings (SSSR count). The highest BCUT2D eigenvalue weighted by Gasteiger charge is 2.27. The monoisotopic (exact) mass is 155 g/mol. The minimum absolute atomic E-state index is 0.650.